The minimum absolute atomic E-state index is 0.182. The summed E-state index contributed by atoms with van der Waals surface area (Å²) in [4.78, 5) is 9.88. The van der Waals surface area contributed by atoms with E-state index in [9.17, 15) is 0 Å². The third kappa shape index (κ3) is 7.92. The van der Waals surface area contributed by atoms with Gasteiger partial charge in [-0.05, 0) is 95.4 Å². The van der Waals surface area contributed by atoms with Gasteiger partial charge in [-0.25, -0.2) is 0 Å². The summed E-state index contributed by atoms with van der Waals surface area (Å²) < 4.78 is 12.5. The van der Waals surface area contributed by atoms with Crippen molar-refractivity contribution in [1.82, 2.24) is 19.6 Å². The van der Waals surface area contributed by atoms with E-state index in [1.54, 1.807) is 0 Å². The van der Waals surface area contributed by atoms with Crippen LogP contribution in [0.5, 0.6) is 0 Å². The normalized spacial score (nSPS) is 28.5. The van der Waals surface area contributed by atoms with Gasteiger partial charge in [-0.3, -0.25) is 9.80 Å². The van der Waals surface area contributed by atoms with Crippen LogP contribution >= 0.6 is 0 Å². The summed E-state index contributed by atoms with van der Waals surface area (Å²) in [7, 11) is 6.44. The van der Waals surface area contributed by atoms with Gasteiger partial charge < -0.3 is 19.3 Å². The van der Waals surface area contributed by atoms with E-state index in [4.69, 9.17) is 9.47 Å². The van der Waals surface area contributed by atoms with Crippen LogP contribution in [0.4, 0.5) is 0 Å². The molecule has 0 radical (unpaired) electrons. The van der Waals surface area contributed by atoms with Crippen LogP contribution in [-0.4, -0.2) is 122 Å². The standard InChI is InChI=1S/C26H54N4O2/c1-21-23(11-14-29(21)25(3,4)5)32-20-18-28(10)16-13-26(6,7)30-15-12-24(22(30)2)31-19-17-27(8)9/h21-24H,11-20H2,1-10H3/t21-,22-,23+,24-/m0/s1. The molecule has 6 heteroatoms. The van der Waals surface area contributed by atoms with Gasteiger partial charge in [-0.15, -0.1) is 0 Å². The predicted molar refractivity (Wildman–Crippen MR) is 136 cm³/mol. The van der Waals surface area contributed by atoms with Crippen molar-refractivity contribution in [2.75, 3.05) is 67.1 Å². The number of likely N-dealkylation sites (tertiary alicyclic amines) is 2. The first-order valence-corrected chi connectivity index (χ1v) is 12.9. The predicted octanol–water partition coefficient (Wildman–Crippen LogP) is 3.41. The molecule has 32 heavy (non-hydrogen) atoms. The van der Waals surface area contributed by atoms with Crippen molar-refractivity contribution >= 4 is 0 Å². The van der Waals surface area contributed by atoms with Gasteiger partial charge in [0.15, 0.2) is 0 Å². The van der Waals surface area contributed by atoms with Gasteiger partial charge in [0.05, 0.1) is 25.4 Å². The Balaban J connectivity index is 1.69. The molecule has 0 amide bonds. The van der Waals surface area contributed by atoms with Crippen molar-refractivity contribution < 1.29 is 9.47 Å². The molecule has 0 N–H and O–H groups in total. The van der Waals surface area contributed by atoms with Gasteiger partial charge in [0.1, 0.15) is 0 Å². The van der Waals surface area contributed by atoms with Crippen molar-refractivity contribution in [1.29, 1.82) is 0 Å². The third-order valence-electron chi connectivity index (χ3n) is 7.79. The maximum absolute atomic E-state index is 6.31. The SMILES string of the molecule is C[C@H]1[C@H](OCCN(C)CCC(C)(C)N2CC[C@H](OCCN(C)C)[C@@H]2C)CCN1C(C)(C)C. The summed E-state index contributed by atoms with van der Waals surface area (Å²) in [6, 6.07) is 0.985. The molecule has 0 unspecified atom stereocenters. The summed E-state index contributed by atoms with van der Waals surface area (Å²) in [6.45, 7) is 23.4. The number of hydrogen-bond donors (Lipinski definition) is 0. The Morgan fingerprint density at radius 3 is 1.75 bits per heavy atom. The van der Waals surface area contributed by atoms with Gasteiger partial charge in [-0.1, -0.05) is 0 Å². The van der Waals surface area contributed by atoms with E-state index >= 15 is 0 Å². The smallest absolute Gasteiger partial charge is 0.0740 e. The van der Waals surface area contributed by atoms with Crippen LogP contribution in [0.15, 0.2) is 0 Å². The summed E-state index contributed by atoms with van der Waals surface area (Å²) >= 11 is 0. The Labute approximate surface area is 199 Å². The number of likely N-dealkylation sites (N-methyl/N-ethyl adjacent to an activating group) is 2. The van der Waals surface area contributed by atoms with Gasteiger partial charge in [-0.2, -0.15) is 0 Å². The first-order chi connectivity index (χ1) is 14.8. The Morgan fingerprint density at radius 1 is 0.750 bits per heavy atom. The molecule has 0 aromatic carbocycles. The van der Waals surface area contributed by atoms with Crippen molar-refractivity contribution in [3.05, 3.63) is 0 Å². The second-order valence-corrected chi connectivity index (χ2v) is 12.1. The van der Waals surface area contributed by atoms with Crippen LogP contribution in [0, 0.1) is 0 Å². The van der Waals surface area contributed by atoms with E-state index in [1.807, 2.05) is 0 Å². The third-order valence-corrected chi connectivity index (χ3v) is 7.79. The highest BCUT2D eigenvalue weighted by Crippen LogP contribution is 2.31. The molecule has 2 fully saturated rings. The van der Waals surface area contributed by atoms with Crippen LogP contribution in [0.3, 0.4) is 0 Å². The summed E-state index contributed by atoms with van der Waals surface area (Å²) in [5.41, 5.74) is 0.407. The monoisotopic (exact) mass is 454 g/mol. The first kappa shape index (κ1) is 28.0. The molecule has 0 aliphatic carbocycles. The highest BCUT2D eigenvalue weighted by Gasteiger charge is 2.40. The van der Waals surface area contributed by atoms with E-state index in [-0.39, 0.29) is 11.1 Å². The maximum Gasteiger partial charge on any atom is 0.0740 e. The molecule has 2 saturated heterocycles. The highest BCUT2D eigenvalue weighted by molar-refractivity contribution is 4.95. The fourth-order valence-electron chi connectivity index (χ4n) is 5.54. The topological polar surface area (TPSA) is 31.4 Å². The number of hydrogen-bond acceptors (Lipinski definition) is 6. The number of ether oxygens (including phenoxy) is 2. The van der Waals surface area contributed by atoms with Crippen LogP contribution in [-0.2, 0) is 9.47 Å². The average Bonchev–Trinajstić information content (AvgIpc) is 3.23. The molecule has 2 heterocycles. The Morgan fingerprint density at radius 2 is 1.25 bits per heavy atom. The van der Waals surface area contributed by atoms with Gasteiger partial charge in [0.2, 0.25) is 0 Å². The minimum atomic E-state index is 0.182. The van der Waals surface area contributed by atoms with E-state index in [1.165, 1.54) is 0 Å². The van der Waals surface area contributed by atoms with Crippen molar-refractivity contribution in [3.63, 3.8) is 0 Å². The quantitative estimate of drug-likeness (QED) is 0.449. The lowest BCUT2D eigenvalue weighted by atomic mass is 9.96. The lowest BCUT2D eigenvalue weighted by Crippen LogP contribution is -2.49. The lowest BCUT2D eigenvalue weighted by Gasteiger charge is -2.40. The summed E-state index contributed by atoms with van der Waals surface area (Å²) in [6.07, 6.45) is 4.19. The molecular weight excluding hydrogens is 400 g/mol. The zero-order valence-corrected chi connectivity index (χ0v) is 23.0. The first-order valence-electron chi connectivity index (χ1n) is 12.9. The fourth-order valence-corrected chi connectivity index (χ4v) is 5.54. The van der Waals surface area contributed by atoms with E-state index < -0.39 is 0 Å². The Hall–Kier alpha value is -0.240. The molecule has 2 aliphatic heterocycles. The molecule has 6 nitrogen and oxygen atoms in total. The van der Waals surface area contributed by atoms with Crippen LogP contribution in [0.25, 0.3) is 0 Å². The fraction of sp³-hybridized carbons (Fsp3) is 1.00. The zero-order chi connectivity index (χ0) is 24.1. The Bertz CT molecular complexity index is 548. The summed E-state index contributed by atoms with van der Waals surface area (Å²) in [5.74, 6) is 0. The molecule has 2 rings (SSSR count). The van der Waals surface area contributed by atoms with Gasteiger partial charge in [0.25, 0.3) is 0 Å². The largest absolute Gasteiger partial charge is 0.375 e. The van der Waals surface area contributed by atoms with Crippen molar-refractivity contribution in [2.24, 2.45) is 0 Å². The second-order valence-electron chi connectivity index (χ2n) is 12.1. The van der Waals surface area contributed by atoms with Gasteiger partial charge >= 0.3 is 0 Å². The molecule has 0 aromatic rings. The lowest BCUT2D eigenvalue weighted by molar-refractivity contribution is -0.00154. The molecule has 0 bridgehead atoms. The second kappa shape index (κ2) is 11.9. The molecule has 2 aliphatic rings. The van der Waals surface area contributed by atoms with Crippen LogP contribution in [0.2, 0.25) is 0 Å². The molecule has 4 atom stereocenters. The molecule has 0 aromatic heterocycles. The maximum atomic E-state index is 6.31. The van der Waals surface area contributed by atoms with E-state index in [0.29, 0.717) is 24.3 Å². The van der Waals surface area contributed by atoms with E-state index in [2.05, 4.69) is 89.2 Å². The molecular formula is C26H54N4O2. The van der Waals surface area contributed by atoms with Crippen molar-refractivity contribution in [2.45, 2.75) is 103 Å². The van der Waals surface area contributed by atoms with Crippen LogP contribution in [0.1, 0.15) is 67.7 Å². The zero-order valence-electron chi connectivity index (χ0n) is 23.0. The Kier molecular flexibility index (Phi) is 10.5. The number of nitrogens with zero attached hydrogens (tertiary/aromatic N) is 4. The minimum Gasteiger partial charge on any atom is -0.375 e. The van der Waals surface area contributed by atoms with E-state index in [0.717, 1.165) is 65.2 Å². The molecule has 0 spiro atoms. The highest BCUT2D eigenvalue weighted by atomic mass is 16.5. The molecule has 0 saturated carbocycles. The summed E-state index contributed by atoms with van der Waals surface area (Å²) in [5, 5.41) is 0. The molecule has 190 valence electrons. The van der Waals surface area contributed by atoms with Crippen molar-refractivity contribution in [3.8, 4) is 0 Å². The van der Waals surface area contributed by atoms with Crippen LogP contribution < -0.4 is 0 Å². The number of rotatable bonds is 12. The van der Waals surface area contributed by atoms with Gasteiger partial charge in [0, 0.05) is 49.3 Å². The average molecular weight is 455 g/mol.